The van der Waals surface area contributed by atoms with E-state index in [0.717, 1.165) is 11.3 Å². The second kappa shape index (κ2) is 8.81. The first-order valence-corrected chi connectivity index (χ1v) is 9.99. The molecule has 0 bridgehead atoms. The smallest absolute Gasteiger partial charge is 0.269 e. The fraction of sp³-hybridized carbons (Fsp3) is 0.167. The zero-order valence-electron chi connectivity index (χ0n) is 15.1. The van der Waals surface area contributed by atoms with Gasteiger partial charge >= 0.3 is 0 Å². The lowest BCUT2D eigenvalue weighted by Gasteiger charge is -2.10. The van der Waals surface area contributed by atoms with Crippen LogP contribution in [-0.2, 0) is 4.79 Å². The Balaban J connectivity index is 1.56. The number of benzene rings is 2. The standard InChI is InChI=1S/C18H17N5O3S2/c1-11-4-3-5-14(10-11)20-17-21-22-18(28-17)27-12(2)16(24)19-13-6-8-15(9-7-13)23(25)26/h3-10,12H,1-2H3,(H,19,24)(H,20,21). The summed E-state index contributed by atoms with van der Waals surface area (Å²) in [6.45, 7) is 3.78. The fourth-order valence-corrected chi connectivity index (χ4v) is 4.19. The maximum atomic E-state index is 12.3. The van der Waals surface area contributed by atoms with Gasteiger partial charge in [-0.2, -0.15) is 0 Å². The number of aromatic nitrogens is 2. The molecule has 8 nitrogen and oxygen atoms in total. The minimum atomic E-state index is -0.484. The zero-order chi connectivity index (χ0) is 20.1. The number of nitro groups is 1. The van der Waals surface area contributed by atoms with Crippen molar-refractivity contribution < 1.29 is 9.72 Å². The number of nitrogens with zero attached hydrogens (tertiary/aromatic N) is 3. The summed E-state index contributed by atoms with van der Waals surface area (Å²) < 4.78 is 0.668. The summed E-state index contributed by atoms with van der Waals surface area (Å²) >= 11 is 2.66. The average molecular weight is 416 g/mol. The van der Waals surface area contributed by atoms with Crippen molar-refractivity contribution in [3.05, 3.63) is 64.2 Å². The number of aryl methyl sites for hydroxylation is 1. The van der Waals surface area contributed by atoms with Crippen LogP contribution in [0.1, 0.15) is 12.5 Å². The molecule has 0 saturated carbocycles. The van der Waals surface area contributed by atoms with Crippen molar-refractivity contribution in [2.45, 2.75) is 23.4 Å². The van der Waals surface area contributed by atoms with Gasteiger partial charge in [0, 0.05) is 23.5 Å². The highest BCUT2D eigenvalue weighted by atomic mass is 32.2. The zero-order valence-corrected chi connectivity index (χ0v) is 16.7. The molecule has 144 valence electrons. The van der Waals surface area contributed by atoms with E-state index in [1.54, 1.807) is 6.92 Å². The Hall–Kier alpha value is -2.98. The Morgan fingerprint density at radius 2 is 1.93 bits per heavy atom. The molecule has 28 heavy (non-hydrogen) atoms. The number of amides is 1. The molecule has 2 aromatic carbocycles. The van der Waals surface area contributed by atoms with Crippen molar-refractivity contribution in [1.29, 1.82) is 0 Å². The molecule has 0 aliphatic carbocycles. The molecule has 1 atom stereocenters. The molecule has 0 radical (unpaired) electrons. The summed E-state index contributed by atoms with van der Waals surface area (Å²) in [7, 11) is 0. The molecule has 0 fully saturated rings. The van der Waals surface area contributed by atoms with E-state index in [0.29, 0.717) is 15.2 Å². The predicted molar refractivity (Wildman–Crippen MR) is 111 cm³/mol. The Morgan fingerprint density at radius 1 is 1.18 bits per heavy atom. The largest absolute Gasteiger partial charge is 0.330 e. The topological polar surface area (TPSA) is 110 Å². The van der Waals surface area contributed by atoms with Crippen LogP contribution < -0.4 is 10.6 Å². The second-order valence-electron chi connectivity index (χ2n) is 5.92. The highest BCUT2D eigenvalue weighted by Gasteiger charge is 2.18. The van der Waals surface area contributed by atoms with Crippen LogP contribution in [0.4, 0.5) is 22.2 Å². The molecule has 0 spiro atoms. The highest BCUT2D eigenvalue weighted by molar-refractivity contribution is 8.02. The van der Waals surface area contributed by atoms with E-state index < -0.39 is 10.2 Å². The summed E-state index contributed by atoms with van der Waals surface area (Å²) in [5.41, 5.74) is 2.54. The number of non-ortho nitro benzene ring substituents is 1. The van der Waals surface area contributed by atoms with Gasteiger partial charge in [0.2, 0.25) is 11.0 Å². The molecule has 1 aromatic heterocycles. The van der Waals surface area contributed by atoms with Crippen LogP contribution >= 0.6 is 23.1 Å². The lowest BCUT2D eigenvalue weighted by molar-refractivity contribution is -0.384. The SMILES string of the molecule is Cc1cccc(Nc2nnc(SC(C)C(=O)Nc3ccc([N+](=O)[O-])cc3)s2)c1. The fourth-order valence-electron chi connectivity index (χ4n) is 2.27. The average Bonchev–Trinajstić information content (AvgIpc) is 3.09. The van der Waals surface area contributed by atoms with Crippen LogP contribution in [0.5, 0.6) is 0 Å². The number of anilines is 3. The van der Waals surface area contributed by atoms with E-state index in [-0.39, 0.29) is 11.6 Å². The summed E-state index contributed by atoms with van der Waals surface area (Å²) in [4.78, 5) is 22.5. The van der Waals surface area contributed by atoms with Gasteiger partial charge in [-0.25, -0.2) is 0 Å². The van der Waals surface area contributed by atoms with Crippen molar-refractivity contribution in [1.82, 2.24) is 10.2 Å². The van der Waals surface area contributed by atoms with E-state index in [1.807, 2.05) is 31.2 Å². The third-order valence-corrected chi connectivity index (χ3v) is 5.69. The molecule has 0 aliphatic rings. The van der Waals surface area contributed by atoms with Gasteiger partial charge < -0.3 is 10.6 Å². The number of thioether (sulfide) groups is 1. The van der Waals surface area contributed by atoms with Crippen molar-refractivity contribution in [3.63, 3.8) is 0 Å². The van der Waals surface area contributed by atoms with E-state index >= 15 is 0 Å². The van der Waals surface area contributed by atoms with Gasteiger partial charge in [0.05, 0.1) is 10.2 Å². The first-order valence-electron chi connectivity index (χ1n) is 8.30. The highest BCUT2D eigenvalue weighted by Crippen LogP contribution is 2.31. The summed E-state index contributed by atoms with van der Waals surface area (Å²) in [6, 6.07) is 13.6. The van der Waals surface area contributed by atoms with Gasteiger partial charge in [-0.15, -0.1) is 10.2 Å². The minimum Gasteiger partial charge on any atom is -0.330 e. The minimum absolute atomic E-state index is 0.0251. The number of nitro benzene ring substituents is 1. The van der Waals surface area contributed by atoms with Crippen LogP contribution in [0, 0.1) is 17.0 Å². The molecule has 1 unspecified atom stereocenters. The molecule has 0 aliphatic heterocycles. The monoisotopic (exact) mass is 415 g/mol. The van der Waals surface area contributed by atoms with Crippen LogP contribution in [-0.4, -0.2) is 26.3 Å². The van der Waals surface area contributed by atoms with E-state index in [2.05, 4.69) is 20.8 Å². The predicted octanol–water partition coefficient (Wildman–Crippen LogP) is 4.62. The molecule has 0 saturated heterocycles. The number of rotatable bonds is 7. The second-order valence-corrected chi connectivity index (χ2v) is 8.49. The Kier molecular flexibility index (Phi) is 6.22. The molecule has 1 heterocycles. The van der Waals surface area contributed by atoms with E-state index in [9.17, 15) is 14.9 Å². The maximum absolute atomic E-state index is 12.3. The van der Waals surface area contributed by atoms with Crippen LogP contribution in [0.15, 0.2) is 52.9 Å². The van der Waals surface area contributed by atoms with E-state index in [4.69, 9.17) is 0 Å². The maximum Gasteiger partial charge on any atom is 0.269 e. The van der Waals surface area contributed by atoms with Crippen molar-refractivity contribution in [2.24, 2.45) is 0 Å². The Bertz CT molecular complexity index is 991. The number of carbonyl (C=O) groups is 1. The summed E-state index contributed by atoms with van der Waals surface area (Å²) in [6.07, 6.45) is 0. The molecule has 3 aromatic rings. The molecular formula is C18H17N5O3S2. The van der Waals surface area contributed by atoms with Crippen molar-refractivity contribution >= 4 is 51.2 Å². The molecule has 2 N–H and O–H groups in total. The van der Waals surface area contributed by atoms with Crippen LogP contribution in [0.3, 0.4) is 0 Å². The first-order chi connectivity index (χ1) is 13.4. The number of hydrogen-bond acceptors (Lipinski definition) is 8. The lowest BCUT2D eigenvalue weighted by atomic mass is 10.2. The molecular weight excluding hydrogens is 398 g/mol. The number of nitrogens with one attached hydrogen (secondary N) is 2. The van der Waals surface area contributed by atoms with Crippen LogP contribution in [0.2, 0.25) is 0 Å². The summed E-state index contributed by atoms with van der Waals surface area (Å²) in [5, 5.41) is 25.1. The third kappa shape index (κ3) is 5.27. The summed E-state index contributed by atoms with van der Waals surface area (Å²) in [5.74, 6) is -0.220. The van der Waals surface area contributed by atoms with Crippen molar-refractivity contribution in [3.8, 4) is 0 Å². The Labute approximate surface area is 169 Å². The van der Waals surface area contributed by atoms with E-state index in [1.165, 1.54) is 47.4 Å². The molecule has 3 rings (SSSR count). The van der Waals surface area contributed by atoms with Gasteiger partial charge in [-0.3, -0.25) is 14.9 Å². The van der Waals surface area contributed by atoms with Gasteiger partial charge in [0.1, 0.15) is 0 Å². The first kappa shape index (κ1) is 19.8. The lowest BCUT2D eigenvalue weighted by Crippen LogP contribution is -2.22. The van der Waals surface area contributed by atoms with Gasteiger partial charge in [-0.05, 0) is 43.7 Å². The van der Waals surface area contributed by atoms with Gasteiger partial charge in [-0.1, -0.05) is 35.2 Å². The Morgan fingerprint density at radius 3 is 2.61 bits per heavy atom. The number of carbonyl (C=O) groups excluding carboxylic acids is 1. The van der Waals surface area contributed by atoms with Crippen molar-refractivity contribution in [2.75, 3.05) is 10.6 Å². The quantitative estimate of drug-likeness (QED) is 0.329. The normalized spacial score (nSPS) is 11.6. The molecule has 10 heteroatoms. The van der Waals surface area contributed by atoms with Gasteiger partial charge in [0.25, 0.3) is 5.69 Å². The third-order valence-electron chi connectivity index (χ3n) is 3.67. The van der Waals surface area contributed by atoms with Gasteiger partial charge in [0.15, 0.2) is 4.34 Å². The number of hydrogen-bond donors (Lipinski definition) is 2. The molecule has 1 amide bonds. The van der Waals surface area contributed by atoms with Crippen LogP contribution in [0.25, 0.3) is 0 Å².